The van der Waals surface area contributed by atoms with Crippen LogP contribution in [0.3, 0.4) is 0 Å². The Kier molecular flexibility index (Phi) is 6.61. The number of benzene rings is 3. The lowest BCUT2D eigenvalue weighted by Gasteiger charge is -2.15. The third-order valence-corrected chi connectivity index (χ3v) is 6.69. The second-order valence-corrected chi connectivity index (χ2v) is 9.54. The second-order valence-electron chi connectivity index (χ2n) is 7.55. The molecule has 1 heterocycles. The average molecular weight is 501 g/mol. The maximum atomic E-state index is 13.0. The Hall–Kier alpha value is -4.12. The highest BCUT2D eigenvalue weighted by Gasteiger charge is 2.30. The van der Waals surface area contributed by atoms with Gasteiger partial charge in [-0.15, -0.1) is 0 Å². The molecule has 0 spiro atoms. The number of nitrogens with zero attached hydrogens (tertiary/aromatic N) is 2. The third kappa shape index (κ3) is 5.87. The predicted octanol–water partition coefficient (Wildman–Crippen LogP) is 5.51. The average Bonchev–Trinajstić information content (AvgIpc) is 3.34. The molecule has 0 aliphatic heterocycles. The number of carbonyl (C=O) groups excluding carboxylic acids is 1. The molecule has 35 heavy (non-hydrogen) atoms. The van der Waals surface area contributed by atoms with Crippen LogP contribution >= 0.6 is 0 Å². The molecule has 0 atom stereocenters. The van der Waals surface area contributed by atoms with Crippen LogP contribution in [0.25, 0.3) is 5.69 Å². The number of rotatable bonds is 6. The summed E-state index contributed by atoms with van der Waals surface area (Å²) >= 11 is 0. The number of sulfone groups is 1. The normalized spacial score (nSPS) is 11.7. The van der Waals surface area contributed by atoms with E-state index in [1.807, 2.05) is 0 Å². The van der Waals surface area contributed by atoms with Gasteiger partial charge >= 0.3 is 12.2 Å². The predicted molar refractivity (Wildman–Crippen MR) is 125 cm³/mol. The standard InChI is InChI=1S/C24H19F3N4O3S/c25-24(26,27)18-7-4-8-19(13-18)29-23(32)30-21-14-20(9-10-22(21)31-12-11-28-16-31)35(33,34)15-17-5-2-1-3-6-17/h1-14,16H,15H2,(H2,29,30,32). The Morgan fingerprint density at radius 3 is 2.40 bits per heavy atom. The van der Waals surface area contributed by atoms with E-state index in [0.717, 1.165) is 12.1 Å². The fourth-order valence-corrected chi connectivity index (χ4v) is 4.74. The lowest BCUT2D eigenvalue weighted by molar-refractivity contribution is -0.137. The van der Waals surface area contributed by atoms with Crippen molar-refractivity contribution in [1.82, 2.24) is 9.55 Å². The molecule has 0 bridgehead atoms. The van der Waals surface area contributed by atoms with Gasteiger partial charge in [0.05, 0.1) is 33.9 Å². The number of nitrogens with one attached hydrogen (secondary N) is 2. The van der Waals surface area contributed by atoms with Crippen molar-refractivity contribution in [1.29, 1.82) is 0 Å². The Balaban J connectivity index is 1.63. The molecule has 4 rings (SSSR count). The number of aromatic nitrogens is 2. The molecule has 11 heteroatoms. The van der Waals surface area contributed by atoms with Gasteiger partial charge in [-0.1, -0.05) is 36.4 Å². The summed E-state index contributed by atoms with van der Waals surface area (Å²) in [5, 5.41) is 4.89. The Bertz CT molecular complexity index is 1440. The quantitative estimate of drug-likeness (QED) is 0.365. The number of amides is 2. The fourth-order valence-electron chi connectivity index (χ4n) is 3.37. The van der Waals surface area contributed by atoms with E-state index >= 15 is 0 Å². The van der Waals surface area contributed by atoms with Crippen molar-refractivity contribution in [3.05, 3.63) is 103 Å². The molecule has 0 aliphatic rings. The van der Waals surface area contributed by atoms with Crippen molar-refractivity contribution < 1.29 is 26.4 Å². The third-order valence-electron chi connectivity index (χ3n) is 5.01. The van der Waals surface area contributed by atoms with Crippen LogP contribution in [0.4, 0.5) is 29.3 Å². The van der Waals surface area contributed by atoms with Gasteiger partial charge < -0.3 is 15.2 Å². The highest BCUT2D eigenvalue weighted by atomic mass is 32.2. The molecule has 180 valence electrons. The van der Waals surface area contributed by atoms with E-state index in [1.165, 1.54) is 42.9 Å². The minimum atomic E-state index is -4.57. The van der Waals surface area contributed by atoms with Crippen molar-refractivity contribution in [3.8, 4) is 5.69 Å². The molecule has 7 nitrogen and oxygen atoms in total. The van der Waals surface area contributed by atoms with Gasteiger partial charge in [-0.05, 0) is 42.0 Å². The molecule has 3 aromatic carbocycles. The Labute approximate surface area is 199 Å². The van der Waals surface area contributed by atoms with Gasteiger partial charge in [0.1, 0.15) is 0 Å². The first-order valence-corrected chi connectivity index (χ1v) is 11.9. The van der Waals surface area contributed by atoms with Gasteiger partial charge in [-0.2, -0.15) is 13.2 Å². The van der Waals surface area contributed by atoms with Gasteiger partial charge in [0.2, 0.25) is 0 Å². The molecular formula is C24H19F3N4O3S. The smallest absolute Gasteiger partial charge is 0.308 e. The lowest BCUT2D eigenvalue weighted by Crippen LogP contribution is -2.21. The van der Waals surface area contributed by atoms with Gasteiger partial charge in [-0.25, -0.2) is 18.2 Å². The van der Waals surface area contributed by atoms with Crippen LogP contribution in [0.2, 0.25) is 0 Å². The minimum Gasteiger partial charge on any atom is -0.308 e. The van der Waals surface area contributed by atoms with Crippen LogP contribution in [0, 0.1) is 0 Å². The highest BCUT2D eigenvalue weighted by molar-refractivity contribution is 7.90. The van der Waals surface area contributed by atoms with Crippen LogP contribution in [-0.2, 0) is 21.8 Å². The second kappa shape index (κ2) is 9.63. The zero-order valence-corrected chi connectivity index (χ0v) is 18.8. The van der Waals surface area contributed by atoms with Crippen LogP contribution in [0.1, 0.15) is 11.1 Å². The lowest BCUT2D eigenvalue weighted by atomic mass is 10.2. The monoisotopic (exact) mass is 500 g/mol. The van der Waals surface area contributed by atoms with E-state index in [4.69, 9.17) is 0 Å². The molecule has 0 saturated carbocycles. The van der Waals surface area contributed by atoms with Crippen LogP contribution in [0.5, 0.6) is 0 Å². The summed E-state index contributed by atoms with van der Waals surface area (Å²) in [5.41, 5.74) is 0.155. The summed E-state index contributed by atoms with van der Waals surface area (Å²) in [6.07, 6.45) is 0.00345. The minimum absolute atomic E-state index is 0.0282. The fraction of sp³-hybridized carbons (Fsp3) is 0.0833. The molecule has 2 amide bonds. The molecule has 0 fully saturated rings. The van der Waals surface area contributed by atoms with Gasteiger partial charge in [-0.3, -0.25) is 0 Å². The van der Waals surface area contributed by atoms with Gasteiger partial charge in [0, 0.05) is 18.1 Å². The van der Waals surface area contributed by atoms with Crippen LogP contribution in [-0.4, -0.2) is 24.0 Å². The molecule has 0 saturated heterocycles. The number of hydrogen-bond acceptors (Lipinski definition) is 4. The van der Waals surface area contributed by atoms with E-state index in [9.17, 15) is 26.4 Å². The van der Waals surface area contributed by atoms with Gasteiger partial charge in [0.25, 0.3) is 0 Å². The summed E-state index contributed by atoms with van der Waals surface area (Å²) in [5.74, 6) is -0.242. The van der Waals surface area contributed by atoms with E-state index in [0.29, 0.717) is 11.3 Å². The van der Waals surface area contributed by atoms with Crippen molar-refractivity contribution in [2.75, 3.05) is 10.6 Å². The van der Waals surface area contributed by atoms with Crippen molar-refractivity contribution >= 4 is 27.2 Å². The molecule has 1 aromatic heterocycles. The number of alkyl halides is 3. The number of hydrogen-bond donors (Lipinski definition) is 2. The molecular weight excluding hydrogens is 481 g/mol. The zero-order valence-electron chi connectivity index (χ0n) is 18.0. The number of anilines is 2. The Morgan fingerprint density at radius 1 is 0.943 bits per heavy atom. The van der Waals surface area contributed by atoms with E-state index < -0.39 is 27.6 Å². The maximum absolute atomic E-state index is 13.0. The molecule has 0 unspecified atom stereocenters. The molecule has 2 N–H and O–H groups in total. The van der Waals surface area contributed by atoms with Crippen molar-refractivity contribution in [3.63, 3.8) is 0 Å². The number of carbonyl (C=O) groups is 1. The van der Waals surface area contributed by atoms with Crippen LogP contribution < -0.4 is 10.6 Å². The summed E-state index contributed by atoms with van der Waals surface area (Å²) in [4.78, 5) is 16.6. The van der Waals surface area contributed by atoms with Crippen molar-refractivity contribution in [2.45, 2.75) is 16.8 Å². The summed E-state index contributed by atoms with van der Waals surface area (Å²) in [7, 11) is -3.76. The summed E-state index contributed by atoms with van der Waals surface area (Å²) < 4.78 is 66.5. The highest BCUT2D eigenvalue weighted by Crippen LogP contribution is 2.31. The SMILES string of the molecule is O=C(Nc1cccc(C(F)(F)F)c1)Nc1cc(S(=O)(=O)Cc2ccccc2)ccc1-n1ccnc1. The van der Waals surface area contributed by atoms with E-state index in [-0.39, 0.29) is 22.0 Å². The first kappa shape index (κ1) is 24.0. The van der Waals surface area contributed by atoms with Gasteiger partial charge in [0.15, 0.2) is 9.84 Å². The molecule has 0 aliphatic carbocycles. The Morgan fingerprint density at radius 2 is 1.71 bits per heavy atom. The first-order valence-electron chi connectivity index (χ1n) is 10.3. The number of halogens is 3. The van der Waals surface area contributed by atoms with Crippen molar-refractivity contribution in [2.24, 2.45) is 0 Å². The molecule has 4 aromatic rings. The first-order chi connectivity index (χ1) is 16.6. The zero-order chi connectivity index (χ0) is 25.1. The number of urea groups is 1. The summed E-state index contributed by atoms with van der Waals surface area (Å²) in [6.45, 7) is 0. The van der Waals surface area contributed by atoms with Crippen LogP contribution in [0.15, 0.2) is 96.4 Å². The summed E-state index contributed by atoms with van der Waals surface area (Å²) in [6, 6.07) is 16.2. The molecule has 0 radical (unpaired) electrons. The van der Waals surface area contributed by atoms with E-state index in [2.05, 4.69) is 15.6 Å². The topological polar surface area (TPSA) is 93.1 Å². The maximum Gasteiger partial charge on any atom is 0.416 e. The number of imidazole rings is 1. The largest absolute Gasteiger partial charge is 0.416 e. The van der Waals surface area contributed by atoms with E-state index in [1.54, 1.807) is 41.1 Å².